The first-order valence-corrected chi connectivity index (χ1v) is 9.54. The molecule has 6 heteroatoms. The van der Waals surface area contributed by atoms with Crippen molar-refractivity contribution < 1.29 is 15.0 Å². The normalized spacial score (nSPS) is 24.3. The molecule has 0 bridgehead atoms. The van der Waals surface area contributed by atoms with Crippen molar-refractivity contribution in [2.75, 3.05) is 13.1 Å². The van der Waals surface area contributed by atoms with Gasteiger partial charge in [-0.2, -0.15) is 0 Å². The van der Waals surface area contributed by atoms with Crippen LogP contribution in [0.4, 0.5) is 0 Å². The average Bonchev–Trinajstić information content (AvgIpc) is 3.11. The molecule has 25 heavy (non-hydrogen) atoms. The number of aliphatic carboxylic acids is 1. The summed E-state index contributed by atoms with van der Waals surface area (Å²) in [5, 5.41) is 23.3. The van der Waals surface area contributed by atoms with E-state index in [0.29, 0.717) is 32.5 Å². The number of piperidine rings is 1. The molecule has 0 aliphatic carbocycles. The van der Waals surface area contributed by atoms with Gasteiger partial charge in [-0.3, -0.25) is 9.69 Å². The van der Waals surface area contributed by atoms with Crippen LogP contribution in [0.5, 0.6) is 0 Å². The van der Waals surface area contributed by atoms with Crippen molar-refractivity contribution >= 4 is 17.3 Å². The lowest BCUT2D eigenvalue weighted by Gasteiger charge is -2.43. The monoisotopic (exact) mass is 360 g/mol. The van der Waals surface area contributed by atoms with Gasteiger partial charge in [0, 0.05) is 24.7 Å². The van der Waals surface area contributed by atoms with Crippen LogP contribution in [-0.2, 0) is 17.8 Å². The van der Waals surface area contributed by atoms with Gasteiger partial charge in [0.25, 0.3) is 0 Å². The van der Waals surface area contributed by atoms with Crippen molar-refractivity contribution in [2.24, 2.45) is 5.41 Å². The van der Waals surface area contributed by atoms with Gasteiger partial charge in [-0.25, -0.2) is 4.98 Å². The SMILES string of the molecule is O=C(O)[C@]1(CCCc2ccccc2)CN(Cc2nccs2)CC[C@@H]1O. The lowest BCUT2D eigenvalue weighted by Crippen LogP contribution is -2.55. The fraction of sp³-hybridized carbons (Fsp3) is 0.474. The van der Waals surface area contributed by atoms with E-state index in [4.69, 9.17) is 0 Å². The number of rotatable bonds is 7. The minimum Gasteiger partial charge on any atom is -0.481 e. The van der Waals surface area contributed by atoms with E-state index in [1.807, 2.05) is 23.6 Å². The molecule has 0 radical (unpaired) electrons. The number of carbonyl (C=O) groups is 1. The summed E-state index contributed by atoms with van der Waals surface area (Å²) in [7, 11) is 0. The summed E-state index contributed by atoms with van der Waals surface area (Å²) >= 11 is 1.58. The molecule has 1 aromatic heterocycles. The highest BCUT2D eigenvalue weighted by Crippen LogP contribution is 2.36. The zero-order chi connectivity index (χ0) is 17.7. The highest BCUT2D eigenvalue weighted by molar-refractivity contribution is 7.09. The van der Waals surface area contributed by atoms with E-state index in [1.165, 1.54) is 5.56 Å². The van der Waals surface area contributed by atoms with Gasteiger partial charge in [-0.15, -0.1) is 11.3 Å². The van der Waals surface area contributed by atoms with E-state index in [9.17, 15) is 15.0 Å². The standard InChI is InChI=1S/C19H24N2O3S/c22-16-8-11-21(13-17-20-10-12-25-17)14-19(16,18(23)24)9-4-7-15-5-2-1-3-6-15/h1-3,5-6,10,12,16,22H,4,7-9,11,13-14H2,(H,23,24)/t16-,19+/m0/s1. The fourth-order valence-corrected chi connectivity index (χ4v) is 4.29. The minimum absolute atomic E-state index is 0.373. The molecule has 5 nitrogen and oxygen atoms in total. The number of carboxylic acid groups (broad SMARTS) is 1. The van der Waals surface area contributed by atoms with Crippen molar-refractivity contribution in [1.82, 2.24) is 9.88 Å². The van der Waals surface area contributed by atoms with Crippen molar-refractivity contribution in [3.63, 3.8) is 0 Å². The Bertz CT molecular complexity index is 677. The number of hydrogen-bond donors (Lipinski definition) is 2. The largest absolute Gasteiger partial charge is 0.481 e. The summed E-state index contributed by atoms with van der Waals surface area (Å²) in [6.07, 6.45) is 3.51. The molecule has 1 saturated heterocycles. The second-order valence-electron chi connectivity index (χ2n) is 6.74. The number of aryl methyl sites for hydroxylation is 1. The third-order valence-electron chi connectivity index (χ3n) is 5.06. The van der Waals surface area contributed by atoms with Crippen LogP contribution < -0.4 is 0 Å². The number of likely N-dealkylation sites (tertiary alicyclic amines) is 1. The van der Waals surface area contributed by atoms with E-state index in [0.717, 1.165) is 17.8 Å². The molecule has 1 aliphatic rings. The van der Waals surface area contributed by atoms with Gasteiger partial charge in [0.05, 0.1) is 12.6 Å². The van der Waals surface area contributed by atoms with E-state index < -0.39 is 17.5 Å². The molecule has 3 rings (SSSR count). The molecular formula is C19H24N2O3S. The Hall–Kier alpha value is -1.76. The zero-order valence-corrected chi connectivity index (χ0v) is 15.0. The summed E-state index contributed by atoms with van der Waals surface area (Å²) in [4.78, 5) is 18.5. The lowest BCUT2D eigenvalue weighted by atomic mass is 9.73. The molecule has 0 unspecified atom stereocenters. The summed E-state index contributed by atoms with van der Waals surface area (Å²) in [5.41, 5.74) is 0.109. The first kappa shape index (κ1) is 18.0. The van der Waals surface area contributed by atoms with Crippen LogP contribution in [0.3, 0.4) is 0 Å². The summed E-state index contributed by atoms with van der Waals surface area (Å²) < 4.78 is 0. The molecular weight excluding hydrogens is 336 g/mol. The Labute approximate surface area is 152 Å². The Kier molecular flexibility index (Phi) is 5.83. The Morgan fingerprint density at radius 2 is 2.16 bits per heavy atom. The molecule has 0 spiro atoms. The Morgan fingerprint density at radius 1 is 1.36 bits per heavy atom. The second-order valence-corrected chi connectivity index (χ2v) is 7.72. The number of benzene rings is 1. The maximum absolute atomic E-state index is 12.1. The van der Waals surface area contributed by atoms with Gasteiger partial charge < -0.3 is 10.2 Å². The first-order chi connectivity index (χ1) is 12.1. The molecule has 1 aliphatic heterocycles. The average molecular weight is 360 g/mol. The Morgan fingerprint density at radius 3 is 2.84 bits per heavy atom. The summed E-state index contributed by atoms with van der Waals surface area (Å²) in [5.74, 6) is -0.892. The number of carboxylic acids is 1. The number of aliphatic hydroxyl groups excluding tert-OH is 1. The highest BCUT2D eigenvalue weighted by Gasteiger charge is 2.48. The van der Waals surface area contributed by atoms with Crippen LogP contribution in [0.1, 0.15) is 29.8 Å². The van der Waals surface area contributed by atoms with Gasteiger partial charge in [0.1, 0.15) is 10.4 Å². The topological polar surface area (TPSA) is 73.7 Å². The van der Waals surface area contributed by atoms with Crippen LogP contribution in [0.15, 0.2) is 41.9 Å². The summed E-state index contributed by atoms with van der Waals surface area (Å²) in [6, 6.07) is 10.1. The van der Waals surface area contributed by atoms with Crippen molar-refractivity contribution in [1.29, 1.82) is 0 Å². The number of aliphatic hydroxyl groups is 1. The van der Waals surface area contributed by atoms with Gasteiger partial charge in [-0.05, 0) is 31.2 Å². The fourth-order valence-electron chi connectivity index (χ4n) is 3.64. The highest BCUT2D eigenvalue weighted by atomic mass is 32.1. The number of aromatic nitrogens is 1. The van der Waals surface area contributed by atoms with Gasteiger partial charge >= 0.3 is 5.97 Å². The molecule has 2 heterocycles. The predicted molar refractivity (Wildman–Crippen MR) is 97.5 cm³/mol. The maximum atomic E-state index is 12.1. The molecule has 0 saturated carbocycles. The van der Waals surface area contributed by atoms with Crippen LogP contribution in [0.25, 0.3) is 0 Å². The molecule has 0 amide bonds. The smallest absolute Gasteiger partial charge is 0.313 e. The molecule has 1 fully saturated rings. The van der Waals surface area contributed by atoms with Gasteiger partial charge in [0.2, 0.25) is 0 Å². The molecule has 1 aromatic carbocycles. The first-order valence-electron chi connectivity index (χ1n) is 8.66. The van der Waals surface area contributed by atoms with Crippen LogP contribution in [-0.4, -0.2) is 45.3 Å². The minimum atomic E-state index is -1.09. The maximum Gasteiger partial charge on any atom is 0.313 e. The number of hydrogen-bond acceptors (Lipinski definition) is 5. The van der Waals surface area contributed by atoms with E-state index in [-0.39, 0.29) is 0 Å². The molecule has 134 valence electrons. The third kappa shape index (κ3) is 4.26. The summed E-state index contributed by atoms with van der Waals surface area (Å²) in [6.45, 7) is 1.73. The van der Waals surface area contributed by atoms with Crippen molar-refractivity contribution in [3.05, 3.63) is 52.5 Å². The number of thiazole rings is 1. The van der Waals surface area contributed by atoms with Crippen LogP contribution in [0.2, 0.25) is 0 Å². The van der Waals surface area contributed by atoms with Gasteiger partial charge in [0.15, 0.2) is 0 Å². The predicted octanol–water partition coefficient (Wildman–Crippen LogP) is 2.80. The lowest BCUT2D eigenvalue weighted by molar-refractivity contribution is -0.164. The molecule has 2 N–H and O–H groups in total. The van der Waals surface area contributed by atoms with Crippen LogP contribution >= 0.6 is 11.3 Å². The van der Waals surface area contributed by atoms with E-state index in [1.54, 1.807) is 17.5 Å². The van der Waals surface area contributed by atoms with Gasteiger partial charge in [-0.1, -0.05) is 30.3 Å². The van der Waals surface area contributed by atoms with Crippen LogP contribution in [0, 0.1) is 5.41 Å². The second kappa shape index (κ2) is 8.08. The van der Waals surface area contributed by atoms with E-state index in [2.05, 4.69) is 22.0 Å². The quantitative estimate of drug-likeness (QED) is 0.794. The third-order valence-corrected chi connectivity index (χ3v) is 5.83. The van der Waals surface area contributed by atoms with E-state index >= 15 is 0 Å². The Balaban J connectivity index is 1.66. The molecule has 2 aromatic rings. The number of nitrogens with zero attached hydrogens (tertiary/aromatic N) is 2. The zero-order valence-electron chi connectivity index (χ0n) is 14.2. The van der Waals surface area contributed by atoms with Crippen molar-refractivity contribution in [2.45, 2.75) is 38.3 Å². The van der Waals surface area contributed by atoms with Crippen molar-refractivity contribution in [3.8, 4) is 0 Å². The molecule has 2 atom stereocenters.